The third-order valence-corrected chi connectivity index (χ3v) is 8.70. The molecule has 0 spiro atoms. The second-order valence-electron chi connectivity index (χ2n) is 9.27. The van der Waals surface area contributed by atoms with E-state index in [1.807, 2.05) is 0 Å². The molecule has 0 aliphatic heterocycles. The molecule has 0 aromatic heterocycles. The van der Waals surface area contributed by atoms with Gasteiger partial charge in [0.25, 0.3) is 0 Å². The number of hydrogen-bond acceptors (Lipinski definition) is 1. The van der Waals surface area contributed by atoms with Gasteiger partial charge in [0.15, 0.2) is 0 Å². The Bertz CT molecular complexity index is 431. The van der Waals surface area contributed by atoms with E-state index < -0.39 is 0 Å². The Hall–Kier alpha value is -0.0400. The minimum Gasteiger partial charge on any atom is -0.374 e. The molecule has 0 amide bonds. The lowest BCUT2D eigenvalue weighted by Gasteiger charge is -2.40. The summed E-state index contributed by atoms with van der Waals surface area (Å²) in [6.07, 6.45) is 15.0. The maximum absolute atomic E-state index is 6.76. The molecule has 20 heavy (non-hydrogen) atoms. The van der Waals surface area contributed by atoms with E-state index in [4.69, 9.17) is 4.74 Å². The van der Waals surface area contributed by atoms with E-state index in [1.54, 1.807) is 25.7 Å². The second kappa shape index (κ2) is 3.83. The van der Waals surface area contributed by atoms with Gasteiger partial charge in [0.2, 0.25) is 0 Å². The van der Waals surface area contributed by atoms with Crippen molar-refractivity contribution in [1.82, 2.24) is 0 Å². The van der Waals surface area contributed by atoms with Crippen molar-refractivity contribution in [3.05, 3.63) is 0 Å². The monoisotopic (exact) mass is 272 g/mol. The van der Waals surface area contributed by atoms with Crippen LogP contribution >= 0.6 is 0 Å². The normalized spacial score (nSPS) is 65.4. The highest BCUT2D eigenvalue weighted by molar-refractivity contribution is 5.11. The van der Waals surface area contributed by atoms with Crippen molar-refractivity contribution in [2.45, 2.75) is 70.0 Å². The molecule has 110 valence electrons. The van der Waals surface area contributed by atoms with Crippen molar-refractivity contribution in [3.8, 4) is 0 Å². The Morgan fingerprint density at radius 2 is 1.40 bits per heavy atom. The van der Waals surface area contributed by atoms with Crippen LogP contribution in [0.3, 0.4) is 0 Å². The summed E-state index contributed by atoms with van der Waals surface area (Å²) in [7, 11) is 0. The highest BCUT2D eigenvalue weighted by Gasteiger charge is 2.63. The molecule has 6 bridgehead atoms. The highest BCUT2D eigenvalue weighted by atomic mass is 16.5. The molecular weight excluding hydrogens is 244 g/mol. The molecule has 6 aliphatic rings. The van der Waals surface area contributed by atoms with Crippen LogP contribution in [-0.2, 0) is 4.74 Å². The summed E-state index contributed by atoms with van der Waals surface area (Å²) < 4.78 is 6.76. The zero-order valence-corrected chi connectivity index (χ0v) is 12.5. The van der Waals surface area contributed by atoms with E-state index >= 15 is 0 Å². The number of ether oxygens (including phenoxy) is 1. The van der Waals surface area contributed by atoms with Crippen LogP contribution in [0.15, 0.2) is 0 Å². The molecule has 0 N–H and O–H groups in total. The molecular formula is C19H28O. The number of hydrogen-bond donors (Lipinski definition) is 0. The Labute approximate surface area is 122 Å². The third-order valence-electron chi connectivity index (χ3n) is 8.70. The number of rotatable bonds is 2. The quantitative estimate of drug-likeness (QED) is 0.682. The summed E-state index contributed by atoms with van der Waals surface area (Å²) in [5, 5.41) is 0. The van der Waals surface area contributed by atoms with Crippen molar-refractivity contribution in [1.29, 1.82) is 0 Å². The first-order chi connectivity index (χ1) is 9.87. The average Bonchev–Trinajstić information content (AvgIpc) is 3.25. The molecule has 1 nitrogen and oxygen atoms in total. The molecule has 0 saturated heterocycles. The van der Waals surface area contributed by atoms with Crippen molar-refractivity contribution in [2.75, 3.05) is 0 Å². The van der Waals surface area contributed by atoms with Crippen molar-refractivity contribution >= 4 is 0 Å². The fraction of sp³-hybridized carbons (Fsp3) is 1.00. The van der Waals surface area contributed by atoms with Gasteiger partial charge in [-0.1, -0.05) is 0 Å². The predicted molar refractivity (Wildman–Crippen MR) is 78.1 cm³/mol. The third kappa shape index (κ3) is 1.35. The van der Waals surface area contributed by atoms with Gasteiger partial charge in [-0.15, -0.1) is 0 Å². The smallest absolute Gasteiger partial charge is 0.0612 e. The van der Waals surface area contributed by atoms with Crippen LogP contribution in [0.5, 0.6) is 0 Å². The standard InChI is InChI=1S/C19H28O/c1-2-11-5-10(1)6-16(11)20-17-9-14-8-15(17)19-13-4-3-12(7-13)18(14)19/h10-19H,1-9H2. The van der Waals surface area contributed by atoms with Gasteiger partial charge in [0, 0.05) is 0 Å². The lowest BCUT2D eigenvalue weighted by atomic mass is 9.70. The Kier molecular flexibility index (Phi) is 2.21. The molecule has 6 rings (SSSR count). The van der Waals surface area contributed by atoms with Gasteiger partial charge in [-0.25, -0.2) is 0 Å². The summed E-state index contributed by atoms with van der Waals surface area (Å²) in [6, 6.07) is 0. The van der Waals surface area contributed by atoms with Crippen molar-refractivity contribution in [2.24, 2.45) is 47.3 Å². The van der Waals surface area contributed by atoms with Gasteiger partial charge in [-0.05, 0) is 105 Å². The van der Waals surface area contributed by atoms with E-state index in [2.05, 4.69) is 0 Å². The minimum atomic E-state index is 0.676. The van der Waals surface area contributed by atoms with Gasteiger partial charge in [-0.2, -0.15) is 0 Å². The fourth-order valence-electron chi connectivity index (χ4n) is 8.24. The minimum absolute atomic E-state index is 0.676. The molecule has 10 unspecified atom stereocenters. The van der Waals surface area contributed by atoms with Crippen LogP contribution in [0.1, 0.15) is 57.8 Å². The molecule has 6 aliphatic carbocycles. The predicted octanol–water partition coefficient (Wildman–Crippen LogP) is 4.26. The van der Waals surface area contributed by atoms with E-state index in [-0.39, 0.29) is 0 Å². The molecule has 6 fully saturated rings. The van der Waals surface area contributed by atoms with Crippen LogP contribution < -0.4 is 0 Å². The van der Waals surface area contributed by atoms with Crippen molar-refractivity contribution < 1.29 is 4.74 Å². The van der Waals surface area contributed by atoms with E-state index in [0.717, 1.165) is 47.3 Å². The van der Waals surface area contributed by atoms with Crippen LogP contribution in [0.4, 0.5) is 0 Å². The molecule has 10 atom stereocenters. The van der Waals surface area contributed by atoms with Gasteiger partial charge in [0.05, 0.1) is 12.2 Å². The summed E-state index contributed by atoms with van der Waals surface area (Å²) in [5.41, 5.74) is 0. The van der Waals surface area contributed by atoms with Crippen molar-refractivity contribution in [3.63, 3.8) is 0 Å². The zero-order chi connectivity index (χ0) is 12.8. The van der Waals surface area contributed by atoms with Crippen LogP contribution in [0, 0.1) is 47.3 Å². The Balaban J connectivity index is 1.21. The zero-order valence-electron chi connectivity index (χ0n) is 12.5. The topological polar surface area (TPSA) is 9.23 Å². The number of fused-ring (bicyclic) bond motifs is 11. The maximum Gasteiger partial charge on any atom is 0.0612 e. The molecule has 1 heteroatoms. The van der Waals surface area contributed by atoms with Gasteiger partial charge in [0.1, 0.15) is 0 Å². The lowest BCUT2D eigenvalue weighted by Crippen LogP contribution is -2.39. The average molecular weight is 272 g/mol. The Morgan fingerprint density at radius 3 is 2.20 bits per heavy atom. The first-order valence-electron chi connectivity index (χ1n) is 9.52. The summed E-state index contributed by atoms with van der Waals surface area (Å²) in [5.74, 6) is 8.57. The SMILES string of the molecule is C1CC2CC1CC2OC1CC2CC1C1C3CCC(C3)C21. The first-order valence-corrected chi connectivity index (χ1v) is 9.52. The molecule has 0 heterocycles. The van der Waals surface area contributed by atoms with E-state index in [9.17, 15) is 0 Å². The van der Waals surface area contributed by atoms with Gasteiger partial charge >= 0.3 is 0 Å². The summed E-state index contributed by atoms with van der Waals surface area (Å²) in [4.78, 5) is 0. The summed E-state index contributed by atoms with van der Waals surface area (Å²) >= 11 is 0. The molecule has 0 radical (unpaired) electrons. The second-order valence-corrected chi connectivity index (χ2v) is 9.27. The largest absolute Gasteiger partial charge is 0.374 e. The van der Waals surface area contributed by atoms with Gasteiger partial charge in [-0.3, -0.25) is 0 Å². The van der Waals surface area contributed by atoms with Crippen LogP contribution in [0.25, 0.3) is 0 Å². The van der Waals surface area contributed by atoms with Crippen LogP contribution in [-0.4, -0.2) is 12.2 Å². The Morgan fingerprint density at radius 1 is 0.550 bits per heavy atom. The fourth-order valence-corrected chi connectivity index (χ4v) is 8.24. The van der Waals surface area contributed by atoms with E-state index in [1.165, 1.54) is 32.1 Å². The van der Waals surface area contributed by atoms with Gasteiger partial charge < -0.3 is 4.74 Å². The van der Waals surface area contributed by atoms with E-state index in [0.29, 0.717) is 12.2 Å². The molecule has 0 aromatic rings. The molecule has 0 aromatic carbocycles. The first kappa shape index (κ1) is 11.5. The lowest BCUT2D eigenvalue weighted by molar-refractivity contribution is -0.0866. The summed E-state index contributed by atoms with van der Waals surface area (Å²) in [6.45, 7) is 0. The maximum atomic E-state index is 6.76. The van der Waals surface area contributed by atoms with Crippen LogP contribution in [0.2, 0.25) is 0 Å². The molecule has 6 saturated carbocycles. The highest BCUT2D eigenvalue weighted by Crippen LogP contribution is 2.68.